The molecule has 2 aromatic rings. The molecule has 0 spiro atoms. The van der Waals surface area contributed by atoms with E-state index in [9.17, 15) is 0 Å². The third-order valence-electron chi connectivity index (χ3n) is 2.25. The molecule has 0 aliphatic heterocycles. The van der Waals surface area contributed by atoms with E-state index < -0.39 is 0 Å². The Labute approximate surface area is 95.0 Å². The van der Waals surface area contributed by atoms with Gasteiger partial charge in [-0.05, 0) is 19.1 Å². The molecule has 0 bridgehead atoms. The van der Waals surface area contributed by atoms with Crippen molar-refractivity contribution in [3.05, 3.63) is 36.3 Å². The lowest BCUT2D eigenvalue weighted by atomic mass is 10.2. The number of nitrogens with zero attached hydrogens (tertiary/aromatic N) is 4. The lowest BCUT2D eigenvalue weighted by Gasteiger charge is -2.10. The van der Waals surface area contributed by atoms with Crippen molar-refractivity contribution < 1.29 is 0 Å². The first kappa shape index (κ1) is 10.5. The Kier molecular flexibility index (Phi) is 2.81. The first-order valence-electron chi connectivity index (χ1n) is 5.10. The average Bonchev–Trinajstić information content (AvgIpc) is 2.29. The quantitative estimate of drug-likeness (QED) is 0.765. The number of hydrogen-bond acceptors (Lipinski definition) is 4. The van der Waals surface area contributed by atoms with E-state index in [0.29, 0.717) is 0 Å². The molecule has 82 valence electrons. The predicted octanol–water partition coefficient (Wildman–Crippen LogP) is 1.91. The zero-order valence-electron chi connectivity index (χ0n) is 9.68. The molecule has 0 saturated heterocycles. The second kappa shape index (κ2) is 4.26. The van der Waals surface area contributed by atoms with Crippen LogP contribution in [-0.4, -0.2) is 29.0 Å². The van der Waals surface area contributed by atoms with Crippen molar-refractivity contribution in [1.29, 1.82) is 0 Å². The number of aryl methyl sites for hydroxylation is 1. The fraction of sp³-hybridized carbons (Fsp3) is 0.250. The van der Waals surface area contributed by atoms with Crippen LogP contribution < -0.4 is 4.90 Å². The van der Waals surface area contributed by atoms with E-state index >= 15 is 0 Å². The maximum absolute atomic E-state index is 4.40. The number of anilines is 1. The van der Waals surface area contributed by atoms with Gasteiger partial charge in [-0.3, -0.25) is 4.98 Å². The van der Waals surface area contributed by atoms with Gasteiger partial charge in [-0.25, -0.2) is 9.97 Å². The molecule has 2 heterocycles. The van der Waals surface area contributed by atoms with Gasteiger partial charge in [-0.1, -0.05) is 6.07 Å². The van der Waals surface area contributed by atoms with Crippen LogP contribution in [0.2, 0.25) is 0 Å². The molecule has 2 aromatic heterocycles. The third kappa shape index (κ3) is 2.16. The minimum Gasteiger partial charge on any atom is -0.361 e. The topological polar surface area (TPSA) is 41.9 Å². The van der Waals surface area contributed by atoms with E-state index in [-0.39, 0.29) is 0 Å². The van der Waals surface area contributed by atoms with Crippen molar-refractivity contribution in [2.24, 2.45) is 0 Å². The summed E-state index contributed by atoms with van der Waals surface area (Å²) in [7, 11) is 3.88. The summed E-state index contributed by atoms with van der Waals surface area (Å²) in [4.78, 5) is 15.0. The minimum atomic E-state index is 0.800. The molecule has 0 saturated carbocycles. The Morgan fingerprint density at radius 2 is 1.81 bits per heavy atom. The molecule has 2 rings (SSSR count). The molecule has 16 heavy (non-hydrogen) atoms. The lowest BCUT2D eigenvalue weighted by molar-refractivity contribution is 1.04. The van der Waals surface area contributed by atoms with Gasteiger partial charge >= 0.3 is 0 Å². The number of aromatic nitrogens is 3. The van der Waals surface area contributed by atoms with E-state index in [1.807, 2.05) is 44.1 Å². The van der Waals surface area contributed by atoms with Crippen molar-refractivity contribution in [2.75, 3.05) is 19.0 Å². The lowest BCUT2D eigenvalue weighted by Crippen LogP contribution is -2.10. The van der Waals surface area contributed by atoms with Crippen LogP contribution in [0.4, 0.5) is 5.82 Å². The van der Waals surface area contributed by atoms with Crippen molar-refractivity contribution in [3.8, 4) is 11.4 Å². The van der Waals surface area contributed by atoms with Crippen molar-refractivity contribution >= 4 is 5.82 Å². The molecular weight excluding hydrogens is 200 g/mol. The normalized spacial score (nSPS) is 10.2. The molecule has 4 heteroatoms. The first-order valence-corrected chi connectivity index (χ1v) is 5.10. The maximum Gasteiger partial charge on any atom is 0.146 e. The Morgan fingerprint density at radius 1 is 1.00 bits per heavy atom. The molecular formula is C12H14N4. The van der Waals surface area contributed by atoms with E-state index in [1.54, 1.807) is 12.4 Å². The minimum absolute atomic E-state index is 0.800. The van der Waals surface area contributed by atoms with Crippen LogP contribution in [0, 0.1) is 6.92 Å². The molecule has 0 aromatic carbocycles. The average molecular weight is 214 g/mol. The Morgan fingerprint density at radius 3 is 2.38 bits per heavy atom. The van der Waals surface area contributed by atoms with Crippen LogP contribution in [0.25, 0.3) is 11.4 Å². The smallest absolute Gasteiger partial charge is 0.146 e. The summed E-state index contributed by atoms with van der Waals surface area (Å²) in [6.45, 7) is 1.96. The zero-order valence-corrected chi connectivity index (χ0v) is 9.68. The number of pyridine rings is 1. The van der Waals surface area contributed by atoms with Gasteiger partial charge in [-0.15, -0.1) is 0 Å². The van der Waals surface area contributed by atoms with Crippen molar-refractivity contribution in [2.45, 2.75) is 6.92 Å². The summed E-state index contributed by atoms with van der Waals surface area (Å²) >= 11 is 0. The van der Waals surface area contributed by atoms with Crippen LogP contribution in [0.5, 0.6) is 0 Å². The fourth-order valence-corrected chi connectivity index (χ4v) is 1.37. The highest BCUT2D eigenvalue weighted by Crippen LogP contribution is 2.15. The predicted molar refractivity (Wildman–Crippen MR) is 64.3 cm³/mol. The molecule has 0 unspecified atom stereocenters. The first-order chi connectivity index (χ1) is 7.66. The van der Waals surface area contributed by atoms with E-state index in [2.05, 4.69) is 15.0 Å². The Bertz CT molecular complexity index is 477. The molecule has 0 aliphatic carbocycles. The monoisotopic (exact) mass is 214 g/mol. The van der Waals surface area contributed by atoms with Gasteiger partial charge in [0.15, 0.2) is 0 Å². The Balaban J connectivity index is 2.35. The summed E-state index contributed by atoms with van der Waals surface area (Å²) in [6, 6.07) is 5.87. The van der Waals surface area contributed by atoms with Gasteiger partial charge in [0.2, 0.25) is 0 Å². The highest BCUT2D eigenvalue weighted by atomic mass is 15.1. The highest BCUT2D eigenvalue weighted by molar-refractivity contribution is 5.54. The number of hydrogen-bond donors (Lipinski definition) is 0. The van der Waals surface area contributed by atoms with Gasteiger partial charge in [0.1, 0.15) is 11.5 Å². The molecule has 0 radical (unpaired) electrons. The van der Waals surface area contributed by atoms with Crippen LogP contribution >= 0.6 is 0 Å². The summed E-state index contributed by atoms with van der Waals surface area (Å²) in [6.07, 6.45) is 3.50. The highest BCUT2D eigenvalue weighted by Gasteiger charge is 2.03. The third-order valence-corrected chi connectivity index (χ3v) is 2.25. The van der Waals surface area contributed by atoms with Crippen LogP contribution in [-0.2, 0) is 0 Å². The van der Waals surface area contributed by atoms with Crippen molar-refractivity contribution in [3.63, 3.8) is 0 Å². The summed E-state index contributed by atoms with van der Waals surface area (Å²) in [5.41, 5.74) is 2.64. The summed E-state index contributed by atoms with van der Waals surface area (Å²) < 4.78 is 0. The maximum atomic E-state index is 4.40. The summed E-state index contributed by atoms with van der Waals surface area (Å²) in [5.74, 6) is 0.844. The molecule has 4 nitrogen and oxygen atoms in total. The summed E-state index contributed by atoms with van der Waals surface area (Å²) in [5, 5.41) is 0. The SMILES string of the molecule is Cc1cccc(-c2cnc(N(C)C)cn2)n1. The fourth-order valence-electron chi connectivity index (χ4n) is 1.37. The van der Waals surface area contributed by atoms with Gasteiger partial charge in [0, 0.05) is 19.8 Å². The zero-order chi connectivity index (χ0) is 11.5. The molecule has 0 atom stereocenters. The molecule has 0 aliphatic rings. The Hall–Kier alpha value is -1.97. The van der Waals surface area contributed by atoms with E-state index in [4.69, 9.17) is 0 Å². The molecule has 0 N–H and O–H groups in total. The van der Waals surface area contributed by atoms with E-state index in [0.717, 1.165) is 22.9 Å². The standard InChI is InChI=1S/C12H14N4/c1-9-5-4-6-10(15-9)11-7-14-12(8-13-11)16(2)3/h4-8H,1-3H3. The number of rotatable bonds is 2. The van der Waals surface area contributed by atoms with Gasteiger partial charge in [-0.2, -0.15) is 0 Å². The van der Waals surface area contributed by atoms with Crippen LogP contribution in [0.3, 0.4) is 0 Å². The van der Waals surface area contributed by atoms with Gasteiger partial charge in [0.25, 0.3) is 0 Å². The van der Waals surface area contributed by atoms with Gasteiger partial charge < -0.3 is 4.90 Å². The van der Waals surface area contributed by atoms with Crippen molar-refractivity contribution in [1.82, 2.24) is 15.0 Å². The van der Waals surface area contributed by atoms with Crippen LogP contribution in [0.1, 0.15) is 5.69 Å². The second-order valence-electron chi connectivity index (χ2n) is 3.82. The molecule has 0 fully saturated rings. The van der Waals surface area contributed by atoms with Crippen LogP contribution in [0.15, 0.2) is 30.6 Å². The second-order valence-corrected chi connectivity index (χ2v) is 3.82. The largest absolute Gasteiger partial charge is 0.361 e. The van der Waals surface area contributed by atoms with E-state index in [1.165, 1.54) is 0 Å². The van der Waals surface area contributed by atoms with Gasteiger partial charge in [0.05, 0.1) is 18.1 Å². The molecule has 0 amide bonds.